The van der Waals surface area contributed by atoms with Crippen molar-refractivity contribution in [3.8, 4) is 5.69 Å². The summed E-state index contributed by atoms with van der Waals surface area (Å²) in [5.41, 5.74) is 3.74. The Bertz CT molecular complexity index is 2740. The van der Waals surface area contributed by atoms with Crippen LogP contribution in [0.4, 0.5) is 0 Å². The minimum atomic E-state index is 1.20. The first-order valence-corrected chi connectivity index (χ1v) is 15.3. The molecular formula is C40H23NS. The lowest BCUT2D eigenvalue weighted by Crippen LogP contribution is -1.94. The van der Waals surface area contributed by atoms with Crippen molar-refractivity contribution in [1.29, 1.82) is 0 Å². The number of nitrogens with zero attached hydrogens (tertiary/aromatic N) is 1. The Labute approximate surface area is 245 Å². The fourth-order valence-corrected chi connectivity index (χ4v) is 8.66. The Morgan fingerprint density at radius 1 is 0.405 bits per heavy atom. The highest BCUT2D eigenvalue weighted by atomic mass is 32.1. The molecule has 0 bridgehead atoms. The maximum absolute atomic E-state index is 2.53. The van der Waals surface area contributed by atoms with Crippen molar-refractivity contribution in [2.45, 2.75) is 0 Å². The van der Waals surface area contributed by atoms with Crippen LogP contribution in [0.2, 0.25) is 0 Å². The summed E-state index contributed by atoms with van der Waals surface area (Å²) in [6.07, 6.45) is 0. The molecule has 0 saturated heterocycles. The maximum atomic E-state index is 2.53. The standard InChI is InChI=1S/C40H23NS/c1-2-12-25-23-26(22-21-24(25)11-1)41-33-19-9-7-17-31(33)37-35-29-15-5-3-13-27(29)28-14-4-6-16-30(28)36(35)38-32-18-8-10-20-34(32)42-40(38)39(37)41/h1-23H. The molecule has 2 aromatic heterocycles. The Balaban J connectivity index is 1.59. The van der Waals surface area contributed by atoms with E-state index in [0.717, 1.165) is 0 Å². The van der Waals surface area contributed by atoms with E-state index >= 15 is 0 Å². The molecule has 2 heteroatoms. The van der Waals surface area contributed by atoms with Gasteiger partial charge in [-0.15, -0.1) is 11.3 Å². The zero-order valence-electron chi connectivity index (χ0n) is 22.6. The van der Waals surface area contributed by atoms with Crippen molar-refractivity contribution in [2.24, 2.45) is 0 Å². The molecule has 2 heterocycles. The number of thiophene rings is 1. The highest BCUT2D eigenvalue weighted by molar-refractivity contribution is 7.27. The fourth-order valence-electron chi connectivity index (χ4n) is 7.41. The predicted molar refractivity (Wildman–Crippen MR) is 184 cm³/mol. The monoisotopic (exact) mass is 549 g/mol. The van der Waals surface area contributed by atoms with Gasteiger partial charge in [-0.3, -0.25) is 0 Å². The number of hydrogen-bond acceptors (Lipinski definition) is 1. The lowest BCUT2D eigenvalue weighted by Gasteiger charge is -2.15. The third kappa shape index (κ3) is 2.82. The molecule has 0 aliphatic rings. The first kappa shape index (κ1) is 22.5. The molecule has 42 heavy (non-hydrogen) atoms. The Morgan fingerprint density at radius 2 is 0.976 bits per heavy atom. The first-order chi connectivity index (χ1) is 20.9. The van der Waals surface area contributed by atoms with Gasteiger partial charge in [0, 0.05) is 42.7 Å². The lowest BCUT2D eigenvalue weighted by atomic mass is 9.89. The summed E-state index contributed by atoms with van der Waals surface area (Å²) in [6.45, 7) is 0. The van der Waals surface area contributed by atoms with E-state index < -0.39 is 0 Å². The van der Waals surface area contributed by atoms with Crippen molar-refractivity contribution < 1.29 is 0 Å². The highest BCUT2D eigenvalue weighted by Gasteiger charge is 2.24. The molecule has 10 rings (SSSR count). The van der Waals surface area contributed by atoms with Gasteiger partial charge in [0.1, 0.15) is 0 Å². The molecule has 194 valence electrons. The Hall–Kier alpha value is -5.18. The molecule has 0 N–H and O–H groups in total. The summed E-state index contributed by atoms with van der Waals surface area (Å²) in [6, 6.07) is 51.5. The van der Waals surface area contributed by atoms with E-state index in [9.17, 15) is 0 Å². The van der Waals surface area contributed by atoms with Crippen LogP contribution in [0.25, 0.3) is 90.8 Å². The number of hydrogen-bond donors (Lipinski definition) is 0. The average molecular weight is 550 g/mol. The van der Waals surface area contributed by atoms with Gasteiger partial charge in [0.15, 0.2) is 0 Å². The molecule has 0 aliphatic heterocycles. The summed E-state index contributed by atoms with van der Waals surface area (Å²) < 4.78 is 5.20. The molecule has 0 aliphatic carbocycles. The van der Waals surface area contributed by atoms with Crippen molar-refractivity contribution >= 4 is 96.4 Å². The molecule has 0 unspecified atom stereocenters. The van der Waals surface area contributed by atoms with Crippen LogP contribution in [0.15, 0.2) is 140 Å². The molecule has 0 spiro atoms. The molecular weight excluding hydrogens is 527 g/mol. The van der Waals surface area contributed by atoms with Crippen molar-refractivity contribution in [3.63, 3.8) is 0 Å². The molecule has 0 amide bonds. The number of fused-ring (bicyclic) bond motifs is 16. The Morgan fingerprint density at radius 3 is 1.74 bits per heavy atom. The number of benzene rings is 8. The predicted octanol–water partition coefficient (Wildman–Crippen LogP) is 11.8. The van der Waals surface area contributed by atoms with Gasteiger partial charge in [0.05, 0.1) is 15.7 Å². The van der Waals surface area contributed by atoms with Gasteiger partial charge in [0.2, 0.25) is 0 Å². The number of rotatable bonds is 1. The van der Waals surface area contributed by atoms with Crippen LogP contribution in [0, 0.1) is 0 Å². The summed E-state index contributed by atoms with van der Waals surface area (Å²) in [4.78, 5) is 0. The molecule has 0 saturated carbocycles. The van der Waals surface area contributed by atoms with Gasteiger partial charge < -0.3 is 4.57 Å². The third-order valence-corrected chi connectivity index (χ3v) is 10.3. The summed E-state index contributed by atoms with van der Waals surface area (Å²) in [7, 11) is 0. The van der Waals surface area contributed by atoms with Crippen molar-refractivity contribution in [3.05, 3.63) is 140 Å². The van der Waals surface area contributed by atoms with E-state index in [1.165, 1.54) is 90.8 Å². The molecule has 0 atom stereocenters. The van der Waals surface area contributed by atoms with Crippen LogP contribution >= 0.6 is 11.3 Å². The van der Waals surface area contributed by atoms with Gasteiger partial charge in [0.25, 0.3) is 0 Å². The third-order valence-electron chi connectivity index (χ3n) is 9.11. The number of para-hydroxylation sites is 1. The van der Waals surface area contributed by atoms with Gasteiger partial charge in [-0.2, -0.15) is 0 Å². The molecule has 0 fully saturated rings. The van der Waals surface area contributed by atoms with Crippen LogP contribution in [-0.2, 0) is 0 Å². The second kappa shape index (κ2) is 8.19. The second-order valence-corrected chi connectivity index (χ2v) is 12.3. The topological polar surface area (TPSA) is 4.93 Å². The minimum absolute atomic E-state index is 1.20. The zero-order chi connectivity index (χ0) is 27.4. The molecule has 1 nitrogen and oxygen atoms in total. The highest BCUT2D eigenvalue weighted by Crippen LogP contribution is 2.51. The average Bonchev–Trinajstić information content (AvgIpc) is 3.61. The zero-order valence-corrected chi connectivity index (χ0v) is 23.5. The fraction of sp³-hybridized carbons (Fsp3) is 0. The van der Waals surface area contributed by atoms with Crippen LogP contribution in [-0.4, -0.2) is 4.57 Å². The van der Waals surface area contributed by atoms with E-state index in [1.54, 1.807) is 0 Å². The van der Waals surface area contributed by atoms with Gasteiger partial charge in [-0.1, -0.05) is 115 Å². The van der Waals surface area contributed by atoms with E-state index in [2.05, 4.69) is 144 Å². The van der Waals surface area contributed by atoms with Crippen LogP contribution in [0.1, 0.15) is 0 Å². The van der Waals surface area contributed by atoms with Crippen LogP contribution in [0.5, 0.6) is 0 Å². The Kier molecular flexibility index (Phi) is 4.39. The van der Waals surface area contributed by atoms with Crippen molar-refractivity contribution in [1.82, 2.24) is 4.57 Å². The largest absolute Gasteiger partial charge is 0.308 e. The summed E-state index contributed by atoms with van der Waals surface area (Å²) in [5, 5.41) is 15.8. The lowest BCUT2D eigenvalue weighted by molar-refractivity contribution is 1.19. The number of aromatic nitrogens is 1. The van der Waals surface area contributed by atoms with Crippen LogP contribution in [0.3, 0.4) is 0 Å². The van der Waals surface area contributed by atoms with Gasteiger partial charge in [-0.05, 0) is 56.6 Å². The minimum Gasteiger partial charge on any atom is -0.308 e. The van der Waals surface area contributed by atoms with Crippen molar-refractivity contribution in [2.75, 3.05) is 0 Å². The second-order valence-electron chi connectivity index (χ2n) is 11.3. The summed E-state index contributed by atoms with van der Waals surface area (Å²) >= 11 is 1.93. The van der Waals surface area contributed by atoms with Gasteiger partial charge >= 0.3 is 0 Å². The smallest absolute Gasteiger partial charge is 0.0726 e. The van der Waals surface area contributed by atoms with Crippen LogP contribution < -0.4 is 0 Å². The van der Waals surface area contributed by atoms with E-state index in [4.69, 9.17) is 0 Å². The van der Waals surface area contributed by atoms with E-state index in [1.807, 2.05) is 11.3 Å². The maximum Gasteiger partial charge on any atom is 0.0726 e. The molecule has 10 aromatic rings. The molecule has 0 radical (unpaired) electrons. The molecule has 8 aromatic carbocycles. The quantitative estimate of drug-likeness (QED) is 0.179. The van der Waals surface area contributed by atoms with Gasteiger partial charge in [-0.25, -0.2) is 0 Å². The normalized spacial score (nSPS) is 12.3. The van der Waals surface area contributed by atoms with E-state index in [-0.39, 0.29) is 0 Å². The summed E-state index contributed by atoms with van der Waals surface area (Å²) in [5.74, 6) is 0. The SMILES string of the molecule is c1ccc2cc(-n3c4ccccc4c4c5c6ccccc6c6ccccc6c5c5c6ccccc6sc5c43)ccc2c1. The van der Waals surface area contributed by atoms with E-state index in [0.29, 0.717) is 0 Å². The first-order valence-electron chi connectivity index (χ1n) is 14.5.